The number of nitro benzene ring substituents is 1. The molecule has 29 heavy (non-hydrogen) atoms. The van der Waals surface area contributed by atoms with Crippen LogP contribution in [0.2, 0.25) is 10.0 Å². The first kappa shape index (κ1) is 20.7. The number of benzene rings is 2. The number of ether oxygens (including phenoxy) is 3. The van der Waals surface area contributed by atoms with Crippen LogP contribution in [0.5, 0.6) is 11.5 Å². The standard InChI is InChI=1S/C18H14Cl2N2O7/c1-9(17(23)21-14-3-2-11(22(25)26)8-12(14)19)29-18(24)10-6-13(20)16-15(7-10)27-4-5-28-16/h2-3,6-9H,4-5H2,1H3,(H,21,23). The second kappa shape index (κ2) is 8.54. The highest BCUT2D eigenvalue weighted by Crippen LogP contribution is 2.38. The molecule has 0 aromatic heterocycles. The van der Waals surface area contributed by atoms with Gasteiger partial charge in [0, 0.05) is 12.1 Å². The zero-order chi connectivity index (χ0) is 21.1. The Balaban J connectivity index is 1.67. The van der Waals surface area contributed by atoms with Crippen LogP contribution >= 0.6 is 23.2 Å². The third-order valence-corrected chi connectivity index (χ3v) is 4.50. The lowest BCUT2D eigenvalue weighted by Crippen LogP contribution is -2.30. The van der Waals surface area contributed by atoms with Gasteiger partial charge in [-0.25, -0.2) is 4.79 Å². The van der Waals surface area contributed by atoms with Crippen molar-refractivity contribution in [3.05, 3.63) is 56.1 Å². The highest BCUT2D eigenvalue weighted by atomic mass is 35.5. The number of nitrogens with one attached hydrogen (secondary N) is 1. The van der Waals surface area contributed by atoms with Crippen LogP contribution in [0.3, 0.4) is 0 Å². The van der Waals surface area contributed by atoms with Crippen LogP contribution in [-0.4, -0.2) is 36.1 Å². The molecule has 3 rings (SSSR count). The van der Waals surface area contributed by atoms with E-state index in [2.05, 4.69) is 5.32 Å². The van der Waals surface area contributed by atoms with E-state index in [1.807, 2.05) is 0 Å². The molecule has 0 aliphatic carbocycles. The molecule has 0 fully saturated rings. The van der Waals surface area contributed by atoms with Gasteiger partial charge in [0.25, 0.3) is 11.6 Å². The number of halogens is 2. The van der Waals surface area contributed by atoms with Gasteiger partial charge in [0.2, 0.25) is 0 Å². The van der Waals surface area contributed by atoms with Crippen molar-refractivity contribution in [1.29, 1.82) is 0 Å². The molecule has 11 heteroatoms. The molecule has 1 atom stereocenters. The molecule has 2 aromatic rings. The molecular weight excluding hydrogens is 427 g/mol. The van der Waals surface area contributed by atoms with E-state index in [0.717, 1.165) is 6.07 Å². The lowest BCUT2D eigenvalue weighted by molar-refractivity contribution is -0.384. The Kier molecular flexibility index (Phi) is 6.09. The number of esters is 1. The molecule has 1 unspecified atom stereocenters. The predicted molar refractivity (Wildman–Crippen MR) is 104 cm³/mol. The molecule has 152 valence electrons. The Bertz CT molecular complexity index is 996. The highest BCUT2D eigenvalue weighted by molar-refractivity contribution is 6.34. The summed E-state index contributed by atoms with van der Waals surface area (Å²) >= 11 is 12.0. The van der Waals surface area contributed by atoms with E-state index in [1.54, 1.807) is 0 Å². The Hall–Kier alpha value is -3.04. The van der Waals surface area contributed by atoms with Crippen molar-refractivity contribution in [1.82, 2.24) is 0 Å². The minimum atomic E-state index is -1.18. The van der Waals surface area contributed by atoms with E-state index in [9.17, 15) is 19.7 Å². The van der Waals surface area contributed by atoms with E-state index >= 15 is 0 Å². The molecule has 1 aliphatic rings. The maximum absolute atomic E-state index is 12.4. The number of non-ortho nitro benzene ring substituents is 1. The van der Waals surface area contributed by atoms with E-state index < -0.39 is 22.9 Å². The van der Waals surface area contributed by atoms with Crippen LogP contribution in [0.15, 0.2) is 30.3 Å². The van der Waals surface area contributed by atoms with E-state index in [4.69, 9.17) is 37.4 Å². The molecule has 1 N–H and O–H groups in total. The molecule has 0 spiro atoms. The zero-order valence-electron chi connectivity index (χ0n) is 14.9. The quantitative estimate of drug-likeness (QED) is 0.426. The second-order valence-corrected chi connectivity index (χ2v) is 6.75. The predicted octanol–water partition coefficient (Wildman–Crippen LogP) is 3.86. The van der Waals surface area contributed by atoms with Gasteiger partial charge in [-0.2, -0.15) is 0 Å². The summed E-state index contributed by atoms with van der Waals surface area (Å²) in [5, 5.41) is 13.4. The fourth-order valence-electron chi connectivity index (χ4n) is 2.46. The Morgan fingerprint density at radius 3 is 2.59 bits per heavy atom. The molecule has 2 aromatic carbocycles. The van der Waals surface area contributed by atoms with Crippen LogP contribution in [-0.2, 0) is 9.53 Å². The van der Waals surface area contributed by atoms with Gasteiger partial charge in [-0.15, -0.1) is 0 Å². The van der Waals surface area contributed by atoms with Gasteiger partial charge >= 0.3 is 5.97 Å². The van der Waals surface area contributed by atoms with E-state index in [1.165, 1.54) is 31.2 Å². The van der Waals surface area contributed by atoms with E-state index in [-0.39, 0.29) is 27.0 Å². The molecule has 1 amide bonds. The fourth-order valence-corrected chi connectivity index (χ4v) is 2.95. The largest absolute Gasteiger partial charge is 0.486 e. The van der Waals surface area contributed by atoms with Crippen molar-refractivity contribution in [2.24, 2.45) is 0 Å². The van der Waals surface area contributed by atoms with Crippen molar-refractivity contribution < 1.29 is 28.7 Å². The Morgan fingerprint density at radius 2 is 1.90 bits per heavy atom. The molecule has 1 aliphatic heterocycles. The van der Waals surface area contributed by atoms with Crippen LogP contribution in [0.25, 0.3) is 0 Å². The third kappa shape index (κ3) is 4.69. The van der Waals surface area contributed by atoms with Gasteiger partial charge in [0.15, 0.2) is 17.6 Å². The number of anilines is 1. The number of amides is 1. The summed E-state index contributed by atoms with van der Waals surface area (Å²) in [5.74, 6) is -0.808. The van der Waals surface area contributed by atoms with Crippen LogP contribution in [0, 0.1) is 10.1 Å². The van der Waals surface area contributed by atoms with Crippen molar-refractivity contribution >= 4 is 46.5 Å². The first-order valence-corrected chi connectivity index (χ1v) is 9.07. The van der Waals surface area contributed by atoms with Gasteiger partial charge < -0.3 is 19.5 Å². The van der Waals surface area contributed by atoms with Crippen LogP contribution in [0.1, 0.15) is 17.3 Å². The number of fused-ring (bicyclic) bond motifs is 1. The van der Waals surface area contributed by atoms with Gasteiger partial charge in [0.1, 0.15) is 13.2 Å². The summed E-state index contributed by atoms with van der Waals surface area (Å²) in [6.45, 7) is 2.03. The average Bonchev–Trinajstić information content (AvgIpc) is 2.69. The third-order valence-electron chi connectivity index (χ3n) is 3.91. The summed E-state index contributed by atoms with van der Waals surface area (Å²) in [5.41, 5.74) is 0.0165. The summed E-state index contributed by atoms with van der Waals surface area (Å²) in [6.07, 6.45) is -1.18. The number of carbonyl (C=O) groups excluding carboxylic acids is 2. The maximum atomic E-state index is 12.4. The number of hydrogen-bond donors (Lipinski definition) is 1. The van der Waals surface area contributed by atoms with Crippen molar-refractivity contribution in [2.45, 2.75) is 13.0 Å². The van der Waals surface area contributed by atoms with Crippen molar-refractivity contribution in [3.63, 3.8) is 0 Å². The maximum Gasteiger partial charge on any atom is 0.339 e. The van der Waals surface area contributed by atoms with Crippen LogP contribution < -0.4 is 14.8 Å². The number of nitro groups is 1. The summed E-state index contributed by atoms with van der Waals surface area (Å²) in [6, 6.07) is 6.35. The number of hydrogen-bond acceptors (Lipinski definition) is 7. The normalized spacial score (nSPS) is 13.3. The molecule has 1 heterocycles. The summed E-state index contributed by atoms with van der Waals surface area (Å²) < 4.78 is 15.9. The minimum absolute atomic E-state index is 0.0234. The minimum Gasteiger partial charge on any atom is -0.486 e. The highest BCUT2D eigenvalue weighted by Gasteiger charge is 2.24. The molecule has 0 saturated carbocycles. The number of rotatable bonds is 5. The fraction of sp³-hybridized carbons (Fsp3) is 0.222. The molecule has 0 radical (unpaired) electrons. The number of nitrogens with zero attached hydrogens (tertiary/aromatic N) is 1. The number of carbonyl (C=O) groups is 2. The summed E-state index contributed by atoms with van der Waals surface area (Å²) in [7, 11) is 0. The van der Waals surface area contributed by atoms with Gasteiger partial charge in [-0.3, -0.25) is 14.9 Å². The second-order valence-electron chi connectivity index (χ2n) is 5.94. The monoisotopic (exact) mass is 440 g/mol. The lowest BCUT2D eigenvalue weighted by atomic mass is 10.2. The molecular formula is C18H14Cl2N2O7. The average molecular weight is 441 g/mol. The summed E-state index contributed by atoms with van der Waals surface area (Å²) in [4.78, 5) is 34.8. The van der Waals surface area contributed by atoms with Crippen LogP contribution in [0.4, 0.5) is 11.4 Å². The topological polar surface area (TPSA) is 117 Å². The van der Waals surface area contributed by atoms with Crippen molar-refractivity contribution in [2.75, 3.05) is 18.5 Å². The Morgan fingerprint density at radius 1 is 1.17 bits per heavy atom. The first-order valence-electron chi connectivity index (χ1n) is 8.31. The van der Waals surface area contributed by atoms with Gasteiger partial charge in [0.05, 0.1) is 26.2 Å². The Labute approximate surface area is 174 Å². The lowest BCUT2D eigenvalue weighted by Gasteiger charge is -2.20. The molecule has 0 saturated heterocycles. The van der Waals surface area contributed by atoms with E-state index in [0.29, 0.717) is 24.7 Å². The van der Waals surface area contributed by atoms with Gasteiger partial charge in [-0.05, 0) is 25.1 Å². The van der Waals surface area contributed by atoms with Gasteiger partial charge in [-0.1, -0.05) is 23.2 Å². The SMILES string of the molecule is CC(OC(=O)c1cc(Cl)c2c(c1)OCCO2)C(=O)Nc1ccc([N+](=O)[O-])cc1Cl. The van der Waals surface area contributed by atoms with Crippen molar-refractivity contribution in [3.8, 4) is 11.5 Å². The molecule has 9 nitrogen and oxygen atoms in total. The zero-order valence-corrected chi connectivity index (χ0v) is 16.5. The smallest absolute Gasteiger partial charge is 0.339 e. The molecule has 0 bridgehead atoms. The first-order chi connectivity index (χ1) is 13.8.